The number of nitrogens with zero attached hydrogens (tertiary/aromatic N) is 1. The van der Waals surface area contributed by atoms with Crippen molar-refractivity contribution in [3.05, 3.63) is 62.3 Å². The lowest BCUT2D eigenvalue weighted by molar-refractivity contribution is 0.612. The van der Waals surface area contributed by atoms with Crippen molar-refractivity contribution in [3.63, 3.8) is 0 Å². The SMILES string of the molecule is N#Cc1ccc(Br)cc1NCc1ccc(Br)cc1F. The highest BCUT2D eigenvalue weighted by molar-refractivity contribution is 9.10. The first-order valence-electron chi connectivity index (χ1n) is 5.47. The molecule has 0 saturated heterocycles. The van der Waals surface area contributed by atoms with Crippen molar-refractivity contribution in [2.45, 2.75) is 6.54 Å². The molecule has 2 nitrogen and oxygen atoms in total. The van der Waals surface area contributed by atoms with E-state index in [2.05, 4.69) is 43.2 Å². The Bertz CT molecular complexity index is 650. The van der Waals surface area contributed by atoms with Crippen LogP contribution in [0.25, 0.3) is 0 Å². The first-order chi connectivity index (χ1) is 9.10. The lowest BCUT2D eigenvalue weighted by atomic mass is 10.1. The van der Waals surface area contributed by atoms with Gasteiger partial charge in [0.05, 0.1) is 11.3 Å². The molecular formula is C14H9Br2FN2. The van der Waals surface area contributed by atoms with Crippen molar-refractivity contribution in [3.8, 4) is 6.07 Å². The van der Waals surface area contributed by atoms with Gasteiger partial charge in [-0.25, -0.2) is 4.39 Å². The Kier molecular flexibility index (Phi) is 4.56. The highest BCUT2D eigenvalue weighted by Crippen LogP contribution is 2.22. The summed E-state index contributed by atoms with van der Waals surface area (Å²) < 4.78 is 15.2. The highest BCUT2D eigenvalue weighted by atomic mass is 79.9. The van der Waals surface area contributed by atoms with Crippen LogP contribution in [0.15, 0.2) is 45.3 Å². The van der Waals surface area contributed by atoms with E-state index in [0.29, 0.717) is 27.8 Å². The van der Waals surface area contributed by atoms with Crippen LogP contribution < -0.4 is 5.32 Å². The van der Waals surface area contributed by atoms with Crippen molar-refractivity contribution < 1.29 is 4.39 Å². The summed E-state index contributed by atoms with van der Waals surface area (Å²) in [5.74, 6) is -0.282. The normalized spacial score (nSPS) is 10.0. The summed E-state index contributed by atoms with van der Waals surface area (Å²) in [6, 6.07) is 12.3. The molecule has 0 heterocycles. The van der Waals surface area contributed by atoms with Crippen LogP contribution in [0.5, 0.6) is 0 Å². The number of nitrogens with one attached hydrogen (secondary N) is 1. The quantitative estimate of drug-likeness (QED) is 0.823. The summed E-state index contributed by atoms with van der Waals surface area (Å²) in [6.45, 7) is 0.324. The van der Waals surface area contributed by atoms with Gasteiger partial charge in [-0.3, -0.25) is 0 Å². The Labute approximate surface area is 127 Å². The van der Waals surface area contributed by atoms with Crippen LogP contribution in [0.3, 0.4) is 0 Å². The second kappa shape index (κ2) is 6.18. The molecule has 0 unspecified atom stereocenters. The summed E-state index contributed by atoms with van der Waals surface area (Å²) >= 11 is 6.56. The molecule has 2 rings (SSSR count). The van der Waals surface area contributed by atoms with Gasteiger partial charge in [0.25, 0.3) is 0 Å². The Morgan fingerprint density at radius 2 is 1.79 bits per heavy atom. The van der Waals surface area contributed by atoms with Gasteiger partial charge in [-0.05, 0) is 30.3 Å². The van der Waals surface area contributed by atoms with E-state index in [1.807, 2.05) is 0 Å². The molecule has 0 spiro atoms. The smallest absolute Gasteiger partial charge is 0.129 e. The van der Waals surface area contributed by atoms with Crippen molar-refractivity contribution in [2.75, 3.05) is 5.32 Å². The minimum absolute atomic E-state index is 0.282. The van der Waals surface area contributed by atoms with Crippen molar-refractivity contribution in [2.24, 2.45) is 0 Å². The largest absolute Gasteiger partial charge is 0.380 e. The summed E-state index contributed by atoms with van der Waals surface area (Å²) in [7, 11) is 0. The maximum atomic E-state index is 13.7. The third-order valence-corrected chi connectivity index (χ3v) is 3.57. The van der Waals surface area contributed by atoms with Crippen LogP contribution in [0.4, 0.5) is 10.1 Å². The molecule has 0 fully saturated rings. The maximum Gasteiger partial charge on any atom is 0.129 e. The molecule has 0 amide bonds. The number of anilines is 1. The Balaban J connectivity index is 2.19. The molecule has 96 valence electrons. The number of benzene rings is 2. The Morgan fingerprint density at radius 1 is 1.11 bits per heavy atom. The molecule has 0 radical (unpaired) electrons. The molecular weight excluding hydrogens is 375 g/mol. The monoisotopic (exact) mass is 382 g/mol. The fourth-order valence-electron chi connectivity index (χ4n) is 1.62. The van der Waals surface area contributed by atoms with Crippen LogP contribution in [0.2, 0.25) is 0 Å². The zero-order chi connectivity index (χ0) is 13.8. The van der Waals surface area contributed by atoms with Crippen LogP contribution in [0, 0.1) is 17.1 Å². The molecule has 1 N–H and O–H groups in total. The van der Waals surface area contributed by atoms with Crippen LogP contribution in [-0.4, -0.2) is 0 Å². The molecule has 19 heavy (non-hydrogen) atoms. The average Bonchev–Trinajstić information content (AvgIpc) is 2.38. The number of nitriles is 1. The first-order valence-corrected chi connectivity index (χ1v) is 7.06. The summed E-state index contributed by atoms with van der Waals surface area (Å²) in [4.78, 5) is 0. The molecule has 0 bridgehead atoms. The second-order valence-electron chi connectivity index (χ2n) is 3.89. The van der Waals surface area contributed by atoms with Crippen molar-refractivity contribution in [1.82, 2.24) is 0 Å². The fraction of sp³-hybridized carbons (Fsp3) is 0.0714. The molecule has 2 aromatic rings. The standard InChI is InChI=1S/C14H9Br2FN2/c15-11-4-2-10(13(17)5-11)8-19-14-6-12(16)3-1-9(14)7-18/h1-6,19H,8H2. The summed E-state index contributed by atoms with van der Waals surface area (Å²) in [5, 5.41) is 12.1. The molecule has 0 aliphatic rings. The van der Waals surface area contributed by atoms with E-state index in [1.54, 1.807) is 30.3 Å². The van der Waals surface area contributed by atoms with Crippen molar-refractivity contribution >= 4 is 37.5 Å². The van der Waals surface area contributed by atoms with E-state index in [-0.39, 0.29) is 5.82 Å². The van der Waals surface area contributed by atoms with Gasteiger partial charge >= 0.3 is 0 Å². The molecule has 0 aromatic heterocycles. The maximum absolute atomic E-state index is 13.7. The van der Waals surface area contributed by atoms with Gasteiger partial charge in [-0.1, -0.05) is 37.9 Å². The summed E-state index contributed by atoms with van der Waals surface area (Å²) in [6.07, 6.45) is 0. The van der Waals surface area contributed by atoms with Gasteiger partial charge < -0.3 is 5.32 Å². The second-order valence-corrected chi connectivity index (χ2v) is 5.72. The number of halogens is 3. The Hall–Kier alpha value is -1.38. The van der Waals surface area contributed by atoms with Crippen LogP contribution in [0.1, 0.15) is 11.1 Å². The van der Waals surface area contributed by atoms with Crippen LogP contribution in [-0.2, 0) is 6.54 Å². The van der Waals surface area contributed by atoms with E-state index in [1.165, 1.54) is 6.07 Å². The third-order valence-electron chi connectivity index (χ3n) is 2.59. The van der Waals surface area contributed by atoms with Crippen LogP contribution >= 0.6 is 31.9 Å². The van der Waals surface area contributed by atoms with Gasteiger partial charge in [-0.15, -0.1) is 0 Å². The van der Waals surface area contributed by atoms with Gasteiger partial charge in [0.15, 0.2) is 0 Å². The minimum atomic E-state index is -0.282. The highest BCUT2D eigenvalue weighted by Gasteiger charge is 2.05. The molecule has 0 aliphatic carbocycles. The third kappa shape index (κ3) is 3.55. The number of hydrogen-bond acceptors (Lipinski definition) is 2. The van der Waals surface area contributed by atoms with E-state index in [9.17, 15) is 4.39 Å². The number of hydrogen-bond donors (Lipinski definition) is 1. The van der Waals surface area contributed by atoms with E-state index >= 15 is 0 Å². The van der Waals surface area contributed by atoms with Gasteiger partial charge in [0.2, 0.25) is 0 Å². The Morgan fingerprint density at radius 3 is 2.47 bits per heavy atom. The number of rotatable bonds is 3. The zero-order valence-corrected chi connectivity index (χ0v) is 12.9. The fourth-order valence-corrected chi connectivity index (χ4v) is 2.31. The lowest BCUT2D eigenvalue weighted by Gasteiger charge is -2.09. The molecule has 0 atom stereocenters. The molecule has 5 heteroatoms. The van der Waals surface area contributed by atoms with Crippen molar-refractivity contribution in [1.29, 1.82) is 5.26 Å². The van der Waals surface area contributed by atoms with E-state index in [4.69, 9.17) is 5.26 Å². The van der Waals surface area contributed by atoms with Gasteiger partial charge in [0.1, 0.15) is 11.9 Å². The van der Waals surface area contributed by atoms with Gasteiger partial charge in [0, 0.05) is 21.1 Å². The van der Waals surface area contributed by atoms with E-state index < -0.39 is 0 Å². The van der Waals surface area contributed by atoms with Gasteiger partial charge in [-0.2, -0.15) is 5.26 Å². The zero-order valence-electron chi connectivity index (χ0n) is 9.75. The van der Waals surface area contributed by atoms with E-state index in [0.717, 1.165) is 4.47 Å². The molecule has 0 aliphatic heterocycles. The molecule has 2 aromatic carbocycles. The summed E-state index contributed by atoms with van der Waals surface area (Å²) in [5.41, 5.74) is 1.76. The molecule has 0 saturated carbocycles. The predicted octanol–water partition coefficient (Wildman–Crippen LogP) is 4.83. The topological polar surface area (TPSA) is 35.8 Å². The average molecular weight is 384 g/mol. The lowest BCUT2D eigenvalue weighted by Crippen LogP contribution is -2.03. The first kappa shape index (κ1) is 14.0. The minimum Gasteiger partial charge on any atom is -0.380 e. The predicted molar refractivity (Wildman–Crippen MR) is 80.3 cm³/mol.